The van der Waals surface area contributed by atoms with Gasteiger partial charge in [0, 0.05) is 18.5 Å². The highest BCUT2D eigenvalue weighted by molar-refractivity contribution is 5.96. The molecule has 5 heteroatoms. The maximum atomic E-state index is 11.7. The highest BCUT2D eigenvalue weighted by atomic mass is 16.3. The van der Waals surface area contributed by atoms with E-state index in [9.17, 15) is 14.7 Å². The van der Waals surface area contributed by atoms with Crippen LogP contribution in [0.15, 0.2) is 30.3 Å². The van der Waals surface area contributed by atoms with Crippen molar-refractivity contribution >= 4 is 11.8 Å². The van der Waals surface area contributed by atoms with E-state index in [1.165, 1.54) is 0 Å². The SMILES string of the molecule is CCNC(=O)CC(=O)NCC1(C(O)c2ccccc2)CC1. The first-order valence-corrected chi connectivity index (χ1v) is 7.34. The summed E-state index contributed by atoms with van der Waals surface area (Å²) in [5.74, 6) is -0.573. The molecule has 114 valence electrons. The Morgan fingerprint density at radius 3 is 2.38 bits per heavy atom. The predicted octanol–water partition coefficient (Wildman–Crippen LogP) is 1.14. The van der Waals surface area contributed by atoms with Gasteiger partial charge in [-0.25, -0.2) is 0 Å². The monoisotopic (exact) mass is 290 g/mol. The van der Waals surface area contributed by atoms with Crippen LogP contribution in [0.25, 0.3) is 0 Å². The van der Waals surface area contributed by atoms with Crippen molar-refractivity contribution < 1.29 is 14.7 Å². The van der Waals surface area contributed by atoms with Gasteiger partial charge in [-0.3, -0.25) is 9.59 Å². The minimum absolute atomic E-state index is 0.161. The summed E-state index contributed by atoms with van der Waals surface area (Å²) in [7, 11) is 0. The molecule has 0 spiro atoms. The second kappa shape index (κ2) is 6.72. The quantitative estimate of drug-likeness (QED) is 0.659. The van der Waals surface area contributed by atoms with Crippen LogP contribution in [-0.2, 0) is 9.59 Å². The van der Waals surface area contributed by atoms with Gasteiger partial charge in [-0.05, 0) is 25.3 Å². The molecule has 1 unspecified atom stereocenters. The van der Waals surface area contributed by atoms with Gasteiger partial charge >= 0.3 is 0 Å². The molecule has 0 aromatic heterocycles. The lowest BCUT2D eigenvalue weighted by Crippen LogP contribution is -2.36. The Morgan fingerprint density at radius 1 is 1.19 bits per heavy atom. The van der Waals surface area contributed by atoms with Gasteiger partial charge in [-0.1, -0.05) is 30.3 Å². The molecule has 1 fully saturated rings. The predicted molar refractivity (Wildman–Crippen MR) is 79.4 cm³/mol. The van der Waals surface area contributed by atoms with Crippen LogP contribution in [0.1, 0.15) is 37.9 Å². The first-order chi connectivity index (χ1) is 10.1. The van der Waals surface area contributed by atoms with Gasteiger partial charge < -0.3 is 15.7 Å². The summed E-state index contributed by atoms with van der Waals surface area (Å²) < 4.78 is 0. The molecule has 0 heterocycles. The van der Waals surface area contributed by atoms with Crippen molar-refractivity contribution in [2.45, 2.75) is 32.3 Å². The molecule has 0 saturated heterocycles. The second-order valence-corrected chi connectivity index (χ2v) is 5.58. The number of amides is 2. The van der Waals surface area contributed by atoms with Crippen LogP contribution in [0.5, 0.6) is 0 Å². The van der Waals surface area contributed by atoms with Crippen molar-refractivity contribution in [2.75, 3.05) is 13.1 Å². The molecular formula is C16H22N2O3. The van der Waals surface area contributed by atoms with E-state index < -0.39 is 6.10 Å². The smallest absolute Gasteiger partial charge is 0.229 e. The van der Waals surface area contributed by atoms with Gasteiger partial charge in [0.25, 0.3) is 0 Å². The summed E-state index contributed by atoms with van der Waals surface area (Å²) >= 11 is 0. The fourth-order valence-electron chi connectivity index (χ4n) is 2.44. The maximum Gasteiger partial charge on any atom is 0.229 e. The Labute approximate surface area is 124 Å². The highest BCUT2D eigenvalue weighted by Gasteiger charge is 2.49. The van der Waals surface area contributed by atoms with Gasteiger partial charge in [-0.15, -0.1) is 0 Å². The standard InChI is InChI=1S/C16H22N2O3/c1-2-17-13(19)10-14(20)18-11-16(8-9-16)15(21)12-6-4-3-5-7-12/h3-7,15,21H,2,8-11H2,1H3,(H,17,19)(H,18,20). The summed E-state index contributed by atoms with van der Waals surface area (Å²) in [5, 5.41) is 15.8. The fraction of sp³-hybridized carbons (Fsp3) is 0.500. The number of nitrogens with one attached hydrogen (secondary N) is 2. The molecule has 1 aliphatic carbocycles. The topological polar surface area (TPSA) is 78.4 Å². The third-order valence-electron chi connectivity index (χ3n) is 3.92. The number of carbonyl (C=O) groups excluding carboxylic acids is 2. The van der Waals surface area contributed by atoms with E-state index in [4.69, 9.17) is 0 Å². The van der Waals surface area contributed by atoms with Crippen molar-refractivity contribution in [3.05, 3.63) is 35.9 Å². The number of hydrogen-bond donors (Lipinski definition) is 3. The average molecular weight is 290 g/mol. The van der Waals surface area contributed by atoms with E-state index in [1.807, 2.05) is 37.3 Å². The number of aliphatic hydroxyl groups excluding tert-OH is 1. The molecule has 0 aliphatic heterocycles. The van der Waals surface area contributed by atoms with Crippen LogP contribution in [0, 0.1) is 5.41 Å². The summed E-state index contributed by atoms with van der Waals surface area (Å²) in [5.41, 5.74) is 0.589. The van der Waals surface area contributed by atoms with E-state index >= 15 is 0 Å². The molecule has 1 aliphatic rings. The number of aliphatic hydroxyl groups is 1. The number of hydrogen-bond acceptors (Lipinski definition) is 3. The third kappa shape index (κ3) is 4.04. The molecule has 1 atom stereocenters. The molecule has 3 N–H and O–H groups in total. The zero-order chi connectivity index (χ0) is 15.3. The Kier molecular flexibility index (Phi) is 4.96. The van der Waals surface area contributed by atoms with Crippen LogP contribution in [0.4, 0.5) is 0 Å². The van der Waals surface area contributed by atoms with Gasteiger partial charge in [0.15, 0.2) is 0 Å². The maximum absolute atomic E-state index is 11.7. The van der Waals surface area contributed by atoms with Gasteiger partial charge in [0.05, 0.1) is 6.10 Å². The second-order valence-electron chi connectivity index (χ2n) is 5.58. The molecule has 1 saturated carbocycles. The minimum atomic E-state index is -0.580. The number of rotatable bonds is 7. The summed E-state index contributed by atoms with van der Waals surface area (Å²) in [4.78, 5) is 23.0. The zero-order valence-corrected chi connectivity index (χ0v) is 12.3. The normalized spacial score (nSPS) is 16.9. The van der Waals surface area contributed by atoms with Crippen molar-refractivity contribution in [1.82, 2.24) is 10.6 Å². The zero-order valence-electron chi connectivity index (χ0n) is 12.3. The Balaban J connectivity index is 1.85. The Hall–Kier alpha value is -1.88. The van der Waals surface area contributed by atoms with E-state index in [-0.39, 0.29) is 23.7 Å². The van der Waals surface area contributed by atoms with E-state index in [2.05, 4.69) is 10.6 Å². The Morgan fingerprint density at radius 2 is 1.81 bits per heavy atom. The molecule has 0 bridgehead atoms. The largest absolute Gasteiger partial charge is 0.388 e. The summed E-state index contributed by atoms with van der Waals surface area (Å²) in [6.45, 7) is 2.73. The fourth-order valence-corrected chi connectivity index (χ4v) is 2.44. The molecule has 1 aromatic rings. The lowest BCUT2D eigenvalue weighted by molar-refractivity contribution is -0.129. The van der Waals surface area contributed by atoms with Gasteiger partial charge in [-0.2, -0.15) is 0 Å². The van der Waals surface area contributed by atoms with Crippen LogP contribution >= 0.6 is 0 Å². The summed E-state index contributed by atoms with van der Waals surface area (Å²) in [6, 6.07) is 9.47. The van der Waals surface area contributed by atoms with Crippen molar-refractivity contribution in [3.63, 3.8) is 0 Å². The van der Waals surface area contributed by atoms with Gasteiger partial charge in [0.1, 0.15) is 6.42 Å². The van der Waals surface area contributed by atoms with Crippen molar-refractivity contribution in [1.29, 1.82) is 0 Å². The van der Waals surface area contributed by atoms with E-state index in [1.54, 1.807) is 0 Å². The lowest BCUT2D eigenvalue weighted by atomic mass is 9.92. The third-order valence-corrected chi connectivity index (χ3v) is 3.92. The lowest BCUT2D eigenvalue weighted by Gasteiger charge is -2.23. The van der Waals surface area contributed by atoms with Gasteiger partial charge in [0.2, 0.25) is 11.8 Å². The molecule has 2 rings (SSSR count). The number of benzene rings is 1. The minimum Gasteiger partial charge on any atom is -0.388 e. The van der Waals surface area contributed by atoms with Crippen LogP contribution in [0.2, 0.25) is 0 Å². The highest BCUT2D eigenvalue weighted by Crippen LogP contribution is 2.54. The van der Waals surface area contributed by atoms with E-state index in [0.29, 0.717) is 13.1 Å². The molecule has 0 radical (unpaired) electrons. The van der Waals surface area contributed by atoms with Crippen LogP contribution in [0.3, 0.4) is 0 Å². The average Bonchev–Trinajstić information content (AvgIpc) is 3.27. The first kappa shape index (κ1) is 15.5. The molecule has 2 amide bonds. The molecule has 21 heavy (non-hydrogen) atoms. The first-order valence-electron chi connectivity index (χ1n) is 7.34. The molecular weight excluding hydrogens is 268 g/mol. The van der Waals surface area contributed by atoms with E-state index in [0.717, 1.165) is 18.4 Å². The molecule has 1 aromatic carbocycles. The van der Waals surface area contributed by atoms with Crippen molar-refractivity contribution in [2.24, 2.45) is 5.41 Å². The van der Waals surface area contributed by atoms with Crippen molar-refractivity contribution in [3.8, 4) is 0 Å². The Bertz CT molecular complexity index is 498. The molecule has 5 nitrogen and oxygen atoms in total. The van der Waals surface area contributed by atoms with Crippen LogP contribution < -0.4 is 10.6 Å². The summed E-state index contributed by atoms with van der Waals surface area (Å²) in [6.07, 6.45) is 1.02. The van der Waals surface area contributed by atoms with Crippen LogP contribution in [-0.4, -0.2) is 30.0 Å². The number of carbonyl (C=O) groups is 2.